The molecule has 3 rings (SSSR count). The second kappa shape index (κ2) is 3.92. The number of morpholine rings is 1. The quantitative estimate of drug-likeness (QED) is 0.731. The highest BCUT2D eigenvalue weighted by atomic mass is 16.5. The Kier molecular flexibility index (Phi) is 2.41. The second-order valence-corrected chi connectivity index (χ2v) is 4.11. The monoisotopic (exact) mass is 222 g/mol. The van der Waals surface area contributed by atoms with Crippen LogP contribution in [0.2, 0.25) is 0 Å². The van der Waals surface area contributed by atoms with Crippen molar-refractivity contribution < 1.29 is 13.9 Å². The number of carbonyl (C=O) groups excluding carboxylic acids is 1. The lowest BCUT2D eigenvalue weighted by atomic mass is 10.1. The van der Waals surface area contributed by atoms with Crippen LogP contribution >= 0.6 is 0 Å². The Morgan fingerprint density at radius 2 is 2.44 bits per heavy atom. The Morgan fingerprint density at radius 3 is 3.25 bits per heavy atom. The van der Waals surface area contributed by atoms with Crippen LogP contribution in [0.15, 0.2) is 22.8 Å². The fraction of sp³-hybridized carbons (Fsp3) is 0.545. The maximum Gasteiger partial charge on any atom is 0.290 e. The molecule has 0 unspecified atom stereocenters. The Balaban J connectivity index is 1.80. The third-order valence-electron chi connectivity index (χ3n) is 3.19. The topological polar surface area (TPSA) is 54.7 Å². The first-order chi connectivity index (χ1) is 7.86. The molecule has 5 heteroatoms. The van der Waals surface area contributed by atoms with E-state index in [-0.39, 0.29) is 18.1 Å². The molecule has 86 valence electrons. The van der Waals surface area contributed by atoms with E-state index < -0.39 is 0 Å². The lowest BCUT2D eigenvalue weighted by molar-refractivity contribution is -0.0374. The van der Waals surface area contributed by atoms with Crippen LogP contribution in [-0.2, 0) is 4.74 Å². The van der Waals surface area contributed by atoms with E-state index in [0.29, 0.717) is 18.9 Å². The van der Waals surface area contributed by atoms with Crippen molar-refractivity contribution in [2.75, 3.05) is 26.2 Å². The molecule has 0 bridgehead atoms. The van der Waals surface area contributed by atoms with E-state index in [1.165, 1.54) is 6.26 Å². The fourth-order valence-electron chi connectivity index (χ4n) is 2.38. The summed E-state index contributed by atoms with van der Waals surface area (Å²) in [5.74, 6) is 0.375. The number of carbonyl (C=O) groups is 1. The summed E-state index contributed by atoms with van der Waals surface area (Å²) >= 11 is 0. The van der Waals surface area contributed by atoms with E-state index in [4.69, 9.17) is 9.15 Å². The second-order valence-electron chi connectivity index (χ2n) is 4.11. The molecule has 2 aliphatic rings. The van der Waals surface area contributed by atoms with E-state index in [0.717, 1.165) is 13.1 Å². The predicted octanol–water partition coefficient (Wildman–Crippen LogP) is 0.0924. The minimum Gasteiger partial charge on any atom is -0.459 e. The molecular weight excluding hydrogens is 208 g/mol. The summed E-state index contributed by atoms with van der Waals surface area (Å²) in [5.41, 5.74) is 0. The molecule has 1 N–H and O–H groups in total. The van der Waals surface area contributed by atoms with Crippen LogP contribution in [0.5, 0.6) is 0 Å². The zero-order valence-corrected chi connectivity index (χ0v) is 8.89. The molecule has 3 heterocycles. The minimum atomic E-state index is -0.0352. The zero-order chi connectivity index (χ0) is 11.0. The van der Waals surface area contributed by atoms with Crippen molar-refractivity contribution in [3.8, 4) is 0 Å². The average Bonchev–Trinajstić information content (AvgIpc) is 2.98. The molecule has 1 aromatic heterocycles. The first-order valence-corrected chi connectivity index (χ1v) is 5.53. The van der Waals surface area contributed by atoms with Crippen molar-refractivity contribution in [2.45, 2.75) is 12.1 Å². The number of fused-ring (bicyclic) bond motifs is 1. The number of furan rings is 1. The number of amides is 1. The van der Waals surface area contributed by atoms with Crippen molar-refractivity contribution in [2.24, 2.45) is 0 Å². The van der Waals surface area contributed by atoms with Gasteiger partial charge in [0.25, 0.3) is 5.91 Å². The predicted molar refractivity (Wildman–Crippen MR) is 56.1 cm³/mol. The van der Waals surface area contributed by atoms with Gasteiger partial charge in [-0.3, -0.25) is 4.79 Å². The van der Waals surface area contributed by atoms with Gasteiger partial charge in [0.05, 0.1) is 25.0 Å². The van der Waals surface area contributed by atoms with Gasteiger partial charge >= 0.3 is 0 Å². The van der Waals surface area contributed by atoms with Crippen LogP contribution in [0.3, 0.4) is 0 Å². The lowest BCUT2D eigenvalue weighted by Gasteiger charge is -2.36. The van der Waals surface area contributed by atoms with Crippen molar-refractivity contribution in [3.63, 3.8) is 0 Å². The van der Waals surface area contributed by atoms with Crippen molar-refractivity contribution in [1.29, 1.82) is 0 Å². The van der Waals surface area contributed by atoms with Crippen LogP contribution in [0.1, 0.15) is 10.6 Å². The first kappa shape index (κ1) is 9.86. The average molecular weight is 222 g/mol. The summed E-state index contributed by atoms with van der Waals surface area (Å²) in [6.07, 6.45) is 1.66. The van der Waals surface area contributed by atoms with Crippen LogP contribution in [-0.4, -0.2) is 49.2 Å². The van der Waals surface area contributed by atoms with Gasteiger partial charge in [-0.25, -0.2) is 0 Å². The van der Waals surface area contributed by atoms with Crippen molar-refractivity contribution >= 4 is 5.91 Å². The Morgan fingerprint density at radius 1 is 1.50 bits per heavy atom. The highest BCUT2D eigenvalue weighted by molar-refractivity contribution is 5.91. The van der Waals surface area contributed by atoms with E-state index in [1.807, 2.05) is 4.90 Å². The standard InChI is InChI=1S/C11H14N2O3/c14-11(9-2-1-4-15-9)13-3-5-16-10-7-12-6-8(10)13/h1-2,4,8,10,12H,3,5-7H2/t8-,10+/m0/s1. The summed E-state index contributed by atoms with van der Waals surface area (Å²) < 4.78 is 10.8. The molecule has 0 aliphatic carbocycles. The maximum absolute atomic E-state index is 12.2. The van der Waals surface area contributed by atoms with E-state index >= 15 is 0 Å². The smallest absolute Gasteiger partial charge is 0.290 e. The van der Waals surface area contributed by atoms with Crippen LogP contribution in [0.25, 0.3) is 0 Å². The van der Waals surface area contributed by atoms with Crippen LogP contribution in [0.4, 0.5) is 0 Å². The minimum absolute atomic E-state index is 0.0352. The molecule has 1 amide bonds. The molecule has 2 aliphatic heterocycles. The third kappa shape index (κ3) is 1.52. The molecular formula is C11H14N2O3. The Hall–Kier alpha value is -1.33. The van der Waals surface area contributed by atoms with Gasteiger partial charge in [0.1, 0.15) is 0 Å². The number of nitrogens with zero attached hydrogens (tertiary/aromatic N) is 1. The summed E-state index contributed by atoms with van der Waals surface area (Å²) in [6.45, 7) is 2.88. The summed E-state index contributed by atoms with van der Waals surface area (Å²) in [4.78, 5) is 14.0. The highest BCUT2D eigenvalue weighted by Gasteiger charge is 2.39. The normalized spacial score (nSPS) is 29.1. The lowest BCUT2D eigenvalue weighted by Crippen LogP contribution is -2.53. The molecule has 0 aromatic carbocycles. The molecule has 2 saturated heterocycles. The molecule has 16 heavy (non-hydrogen) atoms. The maximum atomic E-state index is 12.2. The van der Waals surface area contributed by atoms with Crippen LogP contribution in [0, 0.1) is 0 Å². The number of nitrogens with one attached hydrogen (secondary N) is 1. The Bertz CT molecular complexity index is 377. The van der Waals surface area contributed by atoms with Gasteiger partial charge in [-0.1, -0.05) is 0 Å². The molecule has 1 aromatic rings. The van der Waals surface area contributed by atoms with Gasteiger partial charge in [0, 0.05) is 19.6 Å². The van der Waals surface area contributed by atoms with E-state index in [1.54, 1.807) is 12.1 Å². The number of rotatable bonds is 1. The highest BCUT2D eigenvalue weighted by Crippen LogP contribution is 2.20. The van der Waals surface area contributed by atoms with Crippen molar-refractivity contribution in [3.05, 3.63) is 24.2 Å². The van der Waals surface area contributed by atoms with Gasteiger partial charge in [-0.05, 0) is 12.1 Å². The van der Waals surface area contributed by atoms with Gasteiger partial charge in [-0.2, -0.15) is 0 Å². The number of ether oxygens (including phenoxy) is 1. The molecule has 0 spiro atoms. The van der Waals surface area contributed by atoms with Gasteiger partial charge in [0.15, 0.2) is 5.76 Å². The summed E-state index contributed by atoms with van der Waals surface area (Å²) in [6, 6.07) is 3.58. The first-order valence-electron chi connectivity index (χ1n) is 5.53. The van der Waals surface area contributed by atoms with Gasteiger partial charge in [0.2, 0.25) is 0 Å². The summed E-state index contributed by atoms with van der Waals surface area (Å²) in [5, 5.41) is 3.24. The molecule has 5 nitrogen and oxygen atoms in total. The van der Waals surface area contributed by atoms with E-state index in [2.05, 4.69) is 5.32 Å². The molecule has 0 radical (unpaired) electrons. The number of hydrogen-bond donors (Lipinski definition) is 1. The molecule has 2 atom stereocenters. The zero-order valence-electron chi connectivity index (χ0n) is 8.89. The van der Waals surface area contributed by atoms with Crippen LogP contribution < -0.4 is 5.32 Å². The fourth-order valence-corrected chi connectivity index (χ4v) is 2.38. The largest absolute Gasteiger partial charge is 0.459 e. The van der Waals surface area contributed by atoms with Gasteiger partial charge in [-0.15, -0.1) is 0 Å². The third-order valence-corrected chi connectivity index (χ3v) is 3.19. The number of hydrogen-bond acceptors (Lipinski definition) is 4. The Labute approximate surface area is 93.4 Å². The molecule has 2 fully saturated rings. The van der Waals surface area contributed by atoms with Gasteiger partial charge < -0.3 is 19.4 Å². The summed E-state index contributed by atoms with van der Waals surface area (Å²) in [7, 11) is 0. The SMILES string of the molecule is O=C(c1ccco1)N1CCO[C@@H]2CNC[C@@H]21. The molecule has 0 saturated carbocycles. The van der Waals surface area contributed by atoms with E-state index in [9.17, 15) is 4.79 Å². The van der Waals surface area contributed by atoms with Crippen molar-refractivity contribution in [1.82, 2.24) is 10.2 Å².